The average Bonchev–Trinajstić information content (AvgIpc) is 2.62. The zero-order valence-corrected chi connectivity index (χ0v) is 15.7. The van der Waals surface area contributed by atoms with E-state index in [0.717, 1.165) is 5.56 Å². The summed E-state index contributed by atoms with van der Waals surface area (Å²) in [6.07, 6.45) is -9.78. The van der Waals surface area contributed by atoms with Crippen LogP contribution < -0.4 is 5.32 Å². The Balaban J connectivity index is 0.00000300. The number of piperazine rings is 1. The molecule has 0 aliphatic carbocycles. The highest BCUT2D eigenvalue weighted by atomic mass is 35.5. The monoisotopic (exact) mass is 438 g/mol. The van der Waals surface area contributed by atoms with E-state index in [1.54, 1.807) is 17.0 Å². The van der Waals surface area contributed by atoms with E-state index < -0.39 is 23.5 Å². The van der Waals surface area contributed by atoms with Crippen molar-refractivity contribution >= 4 is 18.3 Å². The number of carbonyl (C=O) groups excluding carboxylic acids is 1. The number of benzene rings is 2. The number of hydrogen-bond donors (Lipinski definition) is 1. The number of nitrogens with zero attached hydrogens (tertiary/aromatic N) is 1. The molecule has 0 atom stereocenters. The maximum atomic E-state index is 13.0. The highest BCUT2D eigenvalue weighted by Crippen LogP contribution is 2.38. The molecule has 0 unspecified atom stereocenters. The molecule has 0 bridgehead atoms. The van der Waals surface area contributed by atoms with E-state index in [-0.39, 0.29) is 42.1 Å². The number of amides is 1. The van der Waals surface area contributed by atoms with Crippen LogP contribution in [-0.4, -0.2) is 30.4 Å². The van der Waals surface area contributed by atoms with Crippen LogP contribution in [0.1, 0.15) is 16.7 Å². The van der Waals surface area contributed by atoms with Gasteiger partial charge in [0.1, 0.15) is 0 Å². The zero-order valence-electron chi connectivity index (χ0n) is 14.9. The SMILES string of the molecule is Cl.O=C1CNCCN1Cc1ccc(-c2cc(C(F)(F)F)cc(C(F)(F)F)c2)cc1. The van der Waals surface area contributed by atoms with Crippen molar-refractivity contribution in [1.82, 2.24) is 10.2 Å². The van der Waals surface area contributed by atoms with Gasteiger partial charge in [0, 0.05) is 19.6 Å². The Hall–Kier alpha value is -2.26. The van der Waals surface area contributed by atoms with E-state index in [0.29, 0.717) is 31.8 Å². The standard InChI is InChI=1S/C19H16F6N2O.ClH/c20-18(21,22)15-7-14(8-16(9-15)19(23,24)25)13-3-1-12(2-4-13)11-27-6-5-26-10-17(27)28;/h1-4,7-9,26H,5-6,10-11H2;1H. The first-order valence-electron chi connectivity index (χ1n) is 8.41. The van der Waals surface area contributed by atoms with Crippen molar-refractivity contribution in [2.45, 2.75) is 18.9 Å². The van der Waals surface area contributed by atoms with Gasteiger partial charge in [0.25, 0.3) is 0 Å². The molecule has 29 heavy (non-hydrogen) atoms. The quantitative estimate of drug-likeness (QED) is 0.702. The number of alkyl halides is 6. The first-order chi connectivity index (χ1) is 13.0. The van der Waals surface area contributed by atoms with E-state index in [1.165, 1.54) is 12.1 Å². The predicted octanol–water partition coefficient (Wildman–Crippen LogP) is 4.74. The van der Waals surface area contributed by atoms with Gasteiger partial charge >= 0.3 is 12.4 Å². The number of hydrogen-bond acceptors (Lipinski definition) is 2. The van der Waals surface area contributed by atoms with Gasteiger partial charge in [-0.15, -0.1) is 12.4 Å². The molecule has 0 spiro atoms. The Labute approximate surface area is 169 Å². The van der Waals surface area contributed by atoms with Crippen LogP contribution in [0, 0.1) is 0 Å². The van der Waals surface area contributed by atoms with Gasteiger partial charge in [0.15, 0.2) is 0 Å². The van der Waals surface area contributed by atoms with Crippen LogP contribution in [0.2, 0.25) is 0 Å². The molecule has 2 aromatic carbocycles. The fourth-order valence-corrected chi connectivity index (χ4v) is 2.96. The maximum Gasteiger partial charge on any atom is 0.416 e. The van der Waals surface area contributed by atoms with Gasteiger partial charge in [-0.25, -0.2) is 0 Å². The third-order valence-electron chi connectivity index (χ3n) is 4.44. The summed E-state index contributed by atoms with van der Waals surface area (Å²) >= 11 is 0. The molecule has 1 aliphatic rings. The van der Waals surface area contributed by atoms with E-state index in [2.05, 4.69) is 5.32 Å². The van der Waals surface area contributed by atoms with Crippen LogP contribution in [0.5, 0.6) is 0 Å². The molecule has 1 heterocycles. The van der Waals surface area contributed by atoms with Gasteiger partial charge in [0.2, 0.25) is 5.91 Å². The van der Waals surface area contributed by atoms with Crippen molar-refractivity contribution in [3.8, 4) is 11.1 Å². The lowest BCUT2D eigenvalue weighted by atomic mass is 9.98. The van der Waals surface area contributed by atoms with Crippen molar-refractivity contribution in [2.75, 3.05) is 19.6 Å². The van der Waals surface area contributed by atoms with Crippen LogP contribution in [0.4, 0.5) is 26.3 Å². The van der Waals surface area contributed by atoms with Gasteiger partial charge in [-0.1, -0.05) is 24.3 Å². The van der Waals surface area contributed by atoms with Crippen LogP contribution in [0.15, 0.2) is 42.5 Å². The first kappa shape index (κ1) is 23.0. The fraction of sp³-hybridized carbons (Fsp3) is 0.316. The average molecular weight is 439 g/mol. The van der Waals surface area contributed by atoms with Crippen molar-refractivity contribution in [3.63, 3.8) is 0 Å². The summed E-state index contributed by atoms with van der Waals surface area (Å²) in [5.74, 6) is -0.0666. The molecule has 1 aliphatic heterocycles. The minimum atomic E-state index is -4.89. The number of halogens is 7. The van der Waals surface area contributed by atoms with Crippen LogP contribution in [0.3, 0.4) is 0 Å². The lowest BCUT2D eigenvalue weighted by molar-refractivity contribution is -0.143. The Morgan fingerprint density at radius 2 is 1.41 bits per heavy atom. The van der Waals surface area contributed by atoms with Gasteiger partial charge < -0.3 is 10.2 Å². The molecular formula is C19H17ClF6N2O. The molecule has 1 N–H and O–H groups in total. The van der Waals surface area contributed by atoms with Gasteiger partial charge in [-0.3, -0.25) is 4.79 Å². The van der Waals surface area contributed by atoms with Gasteiger partial charge in [-0.05, 0) is 34.9 Å². The molecule has 1 fully saturated rings. The number of carbonyl (C=O) groups is 1. The third kappa shape index (κ3) is 5.63. The van der Waals surface area contributed by atoms with Crippen molar-refractivity contribution < 1.29 is 31.1 Å². The molecule has 2 aromatic rings. The molecule has 3 nitrogen and oxygen atoms in total. The summed E-state index contributed by atoms with van der Waals surface area (Å²) in [6, 6.07) is 7.60. The highest BCUT2D eigenvalue weighted by Gasteiger charge is 2.37. The van der Waals surface area contributed by atoms with Crippen LogP contribution in [0.25, 0.3) is 11.1 Å². The molecule has 0 radical (unpaired) electrons. The predicted molar refractivity (Wildman–Crippen MR) is 97.4 cm³/mol. The second kappa shape index (κ2) is 8.62. The van der Waals surface area contributed by atoms with Crippen LogP contribution >= 0.6 is 12.4 Å². The summed E-state index contributed by atoms with van der Waals surface area (Å²) in [4.78, 5) is 13.4. The van der Waals surface area contributed by atoms with E-state index in [1.807, 2.05) is 0 Å². The topological polar surface area (TPSA) is 32.3 Å². The third-order valence-corrected chi connectivity index (χ3v) is 4.44. The second-order valence-electron chi connectivity index (χ2n) is 6.48. The normalized spacial score (nSPS) is 15.2. The Bertz CT molecular complexity index is 832. The summed E-state index contributed by atoms with van der Waals surface area (Å²) in [6.45, 7) is 1.76. The Kier molecular flexibility index (Phi) is 6.85. The van der Waals surface area contributed by atoms with Gasteiger partial charge in [0.05, 0.1) is 17.7 Å². The molecule has 1 amide bonds. The van der Waals surface area contributed by atoms with Crippen LogP contribution in [-0.2, 0) is 23.7 Å². The van der Waals surface area contributed by atoms with E-state index in [4.69, 9.17) is 0 Å². The first-order valence-corrected chi connectivity index (χ1v) is 8.41. The summed E-state index contributed by atoms with van der Waals surface area (Å²) < 4.78 is 78.0. The van der Waals surface area contributed by atoms with Crippen molar-refractivity contribution in [3.05, 3.63) is 59.2 Å². The minimum absolute atomic E-state index is 0. The van der Waals surface area contributed by atoms with Crippen molar-refractivity contribution in [2.24, 2.45) is 0 Å². The smallest absolute Gasteiger partial charge is 0.336 e. The molecular weight excluding hydrogens is 422 g/mol. The fourth-order valence-electron chi connectivity index (χ4n) is 2.96. The number of rotatable bonds is 3. The number of nitrogens with one attached hydrogen (secondary N) is 1. The largest absolute Gasteiger partial charge is 0.416 e. The van der Waals surface area contributed by atoms with Crippen molar-refractivity contribution in [1.29, 1.82) is 0 Å². The zero-order chi connectivity index (χ0) is 20.5. The van der Waals surface area contributed by atoms with Gasteiger partial charge in [-0.2, -0.15) is 26.3 Å². The molecule has 3 rings (SSSR count). The Morgan fingerprint density at radius 1 is 0.862 bits per heavy atom. The van der Waals surface area contributed by atoms with E-state index >= 15 is 0 Å². The van der Waals surface area contributed by atoms with E-state index in [9.17, 15) is 31.1 Å². The summed E-state index contributed by atoms with van der Waals surface area (Å²) in [5.41, 5.74) is -1.92. The minimum Gasteiger partial charge on any atom is -0.336 e. The molecule has 1 saturated heterocycles. The highest BCUT2D eigenvalue weighted by molar-refractivity contribution is 5.85. The molecule has 10 heteroatoms. The Morgan fingerprint density at radius 3 is 1.90 bits per heavy atom. The molecule has 158 valence electrons. The lowest BCUT2D eigenvalue weighted by Crippen LogP contribution is -2.47. The summed E-state index contributed by atoms with van der Waals surface area (Å²) in [5, 5.41) is 2.94. The lowest BCUT2D eigenvalue weighted by Gasteiger charge is -2.27. The molecule has 0 saturated carbocycles. The molecule has 0 aromatic heterocycles. The second-order valence-corrected chi connectivity index (χ2v) is 6.48. The summed E-state index contributed by atoms with van der Waals surface area (Å²) in [7, 11) is 0. The maximum absolute atomic E-state index is 13.0.